The van der Waals surface area contributed by atoms with Gasteiger partial charge in [0.25, 0.3) is 5.91 Å². The molecule has 0 bridgehead atoms. The third-order valence-corrected chi connectivity index (χ3v) is 6.70. The largest absolute Gasteiger partial charge is 0.434 e. The lowest BCUT2D eigenvalue weighted by Crippen LogP contribution is -2.40. The highest BCUT2D eigenvalue weighted by molar-refractivity contribution is 7.98. The summed E-state index contributed by atoms with van der Waals surface area (Å²) in [7, 11) is 0. The lowest BCUT2D eigenvalue weighted by Gasteiger charge is -2.38. The first-order valence-electron chi connectivity index (χ1n) is 10.7. The number of aliphatic hydroxyl groups is 1. The minimum absolute atomic E-state index is 0.0454. The van der Waals surface area contributed by atoms with Crippen molar-refractivity contribution in [1.29, 1.82) is 0 Å². The molecule has 1 aliphatic heterocycles. The van der Waals surface area contributed by atoms with E-state index < -0.39 is 23.4 Å². The van der Waals surface area contributed by atoms with Crippen molar-refractivity contribution in [3.63, 3.8) is 0 Å². The van der Waals surface area contributed by atoms with Crippen molar-refractivity contribution in [2.75, 3.05) is 19.5 Å². The number of aromatic nitrogens is 1. The number of nitrogens with two attached hydrogens (primary N) is 1. The van der Waals surface area contributed by atoms with Crippen molar-refractivity contribution in [3.8, 4) is 0 Å². The second-order valence-electron chi connectivity index (χ2n) is 8.34. The number of allylic oxidation sites excluding steroid dienone is 1. The van der Waals surface area contributed by atoms with E-state index in [2.05, 4.69) is 52.1 Å². The van der Waals surface area contributed by atoms with E-state index in [0.717, 1.165) is 33.3 Å². The van der Waals surface area contributed by atoms with Crippen LogP contribution in [0.1, 0.15) is 31.1 Å². The Labute approximate surface area is 200 Å². The Morgan fingerprint density at radius 3 is 2.59 bits per heavy atom. The van der Waals surface area contributed by atoms with E-state index in [0.29, 0.717) is 13.1 Å². The zero-order valence-corrected chi connectivity index (χ0v) is 20.1. The van der Waals surface area contributed by atoms with Gasteiger partial charge in [-0.25, -0.2) is 0 Å². The van der Waals surface area contributed by atoms with E-state index in [1.807, 2.05) is 12.3 Å². The van der Waals surface area contributed by atoms with Crippen molar-refractivity contribution < 1.29 is 23.1 Å². The number of thioether (sulfide) groups is 1. The first-order chi connectivity index (χ1) is 16.0. The average molecular weight is 496 g/mol. The van der Waals surface area contributed by atoms with Gasteiger partial charge in [-0.2, -0.15) is 13.2 Å². The fourth-order valence-corrected chi connectivity index (χ4v) is 5.06. The van der Waals surface area contributed by atoms with Crippen LogP contribution < -0.4 is 5.73 Å². The number of nitrogens with zero attached hydrogens (tertiary/aromatic N) is 4. The van der Waals surface area contributed by atoms with Gasteiger partial charge in [-0.05, 0) is 42.7 Å². The molecule has 0 saturated carbocycles. The van der Waals surface area contributed by atoms with Gasteiger partial charge >= 0.3 is 6.18 Å². The Balaban J connectivity index is 1.96. The van der Waals surface area contributed by atoms with E-state index in [-0.39, 0.29) is 25.2 Å². The van der Waals surface area contributed by atoms with Crippen molar-refractivity contribution >= 4 is 41.5 Å². The molecule has 0 saturated heterocycles. The van der Waals surface area contributed by atoms with Crippen LogP contribution in [0.3, 0.4) is 0 Å². The van der Waals surface area contributed by atoms with Crippen molar-refractivity contribution in [1.82, 2.24) is 9.47 Å². The third-order valence-electron chi connectivity index (χ3n) is 5.88. The molecule has 184 valence electrons. The number of primary amides is 1. The molecule has 7 nitrogen and oxygen atoms in total. The molecular weight excluding hydrogens is 467 g/mol. The smallest absolute Gasteiger partial charge is 0.392 e. The second-order valence-corrected chi connectivity index (χ2v) is 9.19. The van der Waals surface area contributed by atoms with Gasteiger partial charge in [-0.15, -0.1) is 11.8 Å². The Morgan fingerprint density at radius 2 is 2.06 bits per heavy atom. The highest BCUT2D eigenvalue weighted by Crippen LogP contribution is 2.38. The van der Waals surface area contributed by atoms with Gasteiger partial charge in [-0.1, -0.05) is 13.8 Å². The standard InChI is InChI=1S/C23H28F3N5O2S/c1-13(2)20-18-8-14-7-15(11-32)19(34-4)9-17(14)31(18)6-5-30(20)12-29-10-16(22(27)33)21(28-3)23(24,25)26/h7-10,13,20,32H,3,5-6,11-12H2,1-2,4H3,(H2,27,33)/b21-16+,29-10-. The molecule has 0 fully saturated rings. The normalized spacial score (nSPS) is 17.9. The molecule has 3 rings (SSSR count). The summed E-state index contributed by atoms with van der Waals surface area (Å²) in [6.07, 6.45) is -2.06. The molecule has 2 heterocycles. The first kappa shape index (κ1) is 26.0. The van der Waals surface area contributed by atoms with Gasteiger partial charge in [0.2, 0.25) is 0 Å². The molecule has 11 heteroatoms. The first-order valence-corrected chi connectivity index (χ1v) is 11.9. The maximum absolute atomic E-state index is 13.2. The summed E-state index contributed by atoms with van der Waals surface area (Å²) in [5.74, 6) is -1.09. The Hall–Kier alpha value is -2.63. The average Bonchev–Trinajstić information content (AvgIpc) is 3.13. The Kier molecular flexibility index (Phi) is 7.89. The number of aliphatic hydroxyl groups excluding tert-OH is 1. The Morgan fingerprint density at radius 1 is 1.35 bits per heavy atom. The molecule has 2 aromatic rings. The van der Waals surface area contributed by atoms with Crippen LogP contribution in [0.5, 0.6) is 0 Å². The van der Waals surface area contributed by atoms with E-state index in [4.69, 9.17) is 5.73 Å². The highest BCUT2D eigenvalue weighted by Gasteiger charge is 2.37. The van der Waals surface area contributed by atoms with Crippen LogP contribution >= 0.6 is 11.8 Å². The molecule has 3 N–H and O–H groups in total. The monoisotopic (exact) mass is 495 g/mol. The van der Waals surface area contributed by atoms with E-state index in [1.165, 1.54) is 0 Å². The molecular formula is C23H28F3N5O2S. The van der Waals surface area contributed by atoms with Crippen LogP contribution in [-0.4, -0.2) is 59.1 Å². The van der Waals surface area contributed by atoms with Gasteiger partial charge in [0.05, 0.1) is 24.9 Å². The number of hydrogen-bond acceptors (Lipinski definition) is 6. The number of carbonyl (C=O) groups is 1. The summed E-state index contributed by atoms with van der Waals surface area (Å²) in [6, 6.07) is 6.13. The quantitative estimate of drug-likeness (QED) is 0.330. The van der Waals surface area contributed by atoms with Gasteiger partial charge in [0.1, 0.15) is 0 Å². The van der Waals surface area contributed by atoms with Gasteiger partial charge in [0.15, 0.2) is 5.70 Å². The second kappa shape index (κ2) is 10.3. The molecule has 34 heavy (non-hydrogen) atoms. The van der Waals surface area contributed by atoms with Crippen molar-refractivity contribution in [3.05, 3.63) is 40.7 Å². The molecule has 1 atom stereocenters. The van der Waals surface area contributed by atoms with Crippen LogP contribution in [0, 0.1) is 5.92 Å². The Bertz CT molecular complexity index is 1150. The van der Waals surface area contributed by atoms with E-state index in [9.17, 15) is 23.1 Å². The van der Waals surface area contributed by atoms with Crippen LogP contribution in [0.15, 0.2) is 44.3 Å². The summed E-state index contributed by atoms with van der Waals surface area (Å²) in [5.41, 5.74) is 5.89. The van der Waals surface area contributed by atoms with E-state index in [1.54, 1.807) is 11.8 Å². The predicted octanol–water partition coefficient (Wildman–Crippen LogP) is 3.90. The number of amides is 1. The lowest BCUT2D eigenvalue weighted by atomic mass is 9.97. The number of fused-ring (bicyclic) bond motifs is 3. The fraction of sp³-hybridized carbons (Fsp3) is 0.435. The van der Waals surface area contributed by atoms with Crippen LogP contribution in [0.4, 0.5) is 13.2 Å². The SMILES string of the molecule is C=N/C(=C(\C=N/CN1CCn2c(cc3cc(CO)c(SC)cc32)C1C(C)C)C(N)=O)C(F)(F)F. The number of benzene rings is 1. The maximum Gasteiger partial charge on any atom is 0.434 e. The van der Waals surface area contributed by atoms with Gasteiger partial charge in [0, 0.05) is 40.8 Å². The number of halogens is 3. The van der Waals surface area contributed by atoms with Crippen LogP contribution in [-0.2, 0) is 17.9 Å². The molecule has 1 aromatic heterocycles. The fourth-order valence-electron chi connectivity index (χ4n) is 4.45. The summed E-state index contributed by atoms with van der Waals surface area (Å²) in [6.45, 7) is 8.37. The summed E-state index contributed by atoms with van der Waals surface area (Å²) < 4.78 is 41.7. The molecule has 1 unspecified atom stereocenters. The summed E-state index contributed by atoms with van der Waals surface area (Å²) >= 11 is 1.58. The number of rotatable bonds is 8. The zero-order chi connectivity index (χ0) is 25.2. The number of alkyl halides is 3. The van der Waals surface area contributed by atoms with Crippen LogP contribution in [0.2, 0.25) is 0 Å². The minimum atomic E-state index is -4.87. The maximum atomic E-state index is 13.2. The minimum Gasteiger partial charge on any atom is -0.392 e. The number of aliphatic imine (C=N–C) groups is 2. The third kappa shape index (κ3) is 5.06. The predicted molar refractivity (Wildman–Crippen MR) is 129 cm³/mol. The van der Waals surface area contributed by atoms with E-state index >= 15 is 0 Å². The highest BCUT2D eigenvalue weighted by atomic mass is 32.2. The van der Waals surface area contributed by atoms with Gasteiger partial charge in [-0.3, -0.25) is 19.7 Å². The summed E-state index contributed by atoms with van der Waals surface area (Å²) in [5, 5.41) is 10.7. The summed E-state index contributed by atoms with van der Waals surface area (Å²) in [4.78, 5) is 21.8. The molecule has 0 aliphatic carbocycles. The molecule has 1 amide bonds. The number of carbonyl (C=O) groups excluding carboxylic acids is 1. The number of hydrogen-bond donors (Lipinski definition) is 2. The topological polar surface area (TPSA) is 96.2 Å². The molecule has 0 radical (unpaired) electrons. The van der Waals surface area contributed by atoms with Gasteiger partial charge < -0.3 is 15.4 Å². The lowest BCUT2D eigenvalue weighted by molar-refractivity contribution is -0.116. The zero-order valence-electron chi connectivity index (χ0n) is 19.3. The van der Waals surface area contributed by atoms with Crippen LogP contribution in [0.25, 0.3) is 10.9 Å². The van der Waals surface area contributed by atoms with Crippen molar-refractivity contribution in [2.45, 2.75) is 44.1 Å². The molecule has 1 aliphatic rings. The molecule has 0 spiro atoms. The van der Waals surface area contributed by atoms with Crippen molar-refractivity contribution in [2.24, 2.45) is 21.6 Å². The molecule has 1 aromatic carbocycles.